The number of halogens is 1. The maximum Gasteiger partial charge on any atom is 0.243 e. The van der Waals surface area contributed by atoms with Gasteiger partial charge in [-0.25, -0.2) is 9.97 Å². The molecule has 0 bridgehead atoms. The third-order valence-electron chi connectivity index (χ3n) is 6.19. The Hall–Kier alpha value is -1.67. The van der Waals surface area contributed by atoms with Crippen LogP contribution in [0.25, 0.3) is 5.52 Å². The van der Waals surface area contributed by atoms with E-state index in [0.29, 0.717) is 17.8 Å². The Balaban J connectivity index is 1.49. The molecule has 2 aliphatic heterocycles. The van der Waals surface area contributed by atoms with Gasteiger partial charge in [-0.15, -0.1) is 0 Å². The topological polar surface area (TPSA) is 88.5 Å². The van der Waals surface area contributed by atoms with E-state index in [1.807, 2.05) is 10.6 Å². The highest BCUT2D eigenvalue weighted by Gasteiger charge is 2.52. The first kappa shape index (κ1) is 15.6. The molecule has 132 valence electrons. The molecular weight excluding hydrogens is 384 g/mol. The van der Waals surface area contributed by atoms with Crippen molar-refractivity contribution in [2.45, 2.75) is 49.6 Å². The summed E-state index contributed by atoms with van der Waals surface area (Å²) >= 11 is 3.51. The Morgan fingerprint density at radius 1 is 1.36 bits per heavy atom. The molecule has 8 heteroatoms. The van der Waals surface area contributed by atoms with Crippen molar-refractivity contribution in [1.29, 1.82) is 0 Å². The molecule has 1 saturated carbocycles. The van der Waals surface area contributed by atoms with Gasteiger partial charge in [0.15, 0.2) is 5.82 Å². The molecule has 2 saturated heterocycles. The van der Waals surface area contributed by atoms with Gasteiger partial charge in [-0.05, 0) is 48.0 Å². The van der Waals surface area contributed by atoms with E-state index in [9.17, 15) is 4.79 Å². The molecule has 0 aromatic carbocycles. The summed E-state index contributed by atoms with van der Waals surface area (Å²) in [5.74, 6) is 1.94. The molecule has 5 rings (SSSR count). The van der Waals surface area contributed by atoms with E-state index in [2.05, 4.69) is 31.1 Å². The zero-order valence-electron chi connectivity index (χ0n) is 13.9. The van der Waals surface area contributed by atoms with Gasteiger partial charge in [-0.2, -0.15) is 0 Å². The van der Waals surface area contributed by atoms with Crippen LogP contribution in [0.1, 0.15) is 43.8 Å². The Morgan fingerprint density at radius 2 is 2.20 bits per heavy atom. The van der Waals surface area contributed by atoms with Gasteiger partial charge in [0, 0.05) is 37.4 Å². The first-order valence-electron chi connectivity index (χ1n) is 8.93. The molecule has 3 fully saturated rings. The van der Waals surface area contributed by atoms with Crippen LogP contribution in [-0.2, 0) is 4.79 Å². The number of nitrogen functional groups attached to an aromatic ring is 1. The Morgan fingerprint density at radius 3 is 2.96 bits per heavy atom. The molecule has 0 unspecified atom stereocenters. The van der Waals surface area contributed by atoms with Crippen LogP contribution in [0, 0.1) is 0 Å². The first-order valence-corrected chi connectivity index (χ1v) is 9.72. The van der Waals surface area contributed by atoms with Gasteiger partial charge in [-0.1, -0.05) is 0 Å². The third kappa shape index (κ3) is 2.16. The first-order chi connectivity index (χ1) is 12.1. The number of piperazine rings is 1. The maximum absolute atomic E-state index is 13.1. The molecule has 1 aliphatic carbocycles. The molecule has 2 aromatic rings. The molecular formula is C17H21BrN6O. The molecule has 1 amide bonds. The Labute approximate surface area is 154 Å². The molecule has 3 aliphatic rings. The van der Waals surface area contributed by atoms with Gasteiger partial charge in [0.2, 0.25) is 5.91 Å². The largest absolute Gasteiger partial charge is 0.382 e. The minimum Gasteiger partial charge on any atom is -0.382 e. The number of amides is 1. The van der Waals surface area contributed by atoms with Crippen molar-refractivity contribution >= 4 is 33.2 Å². The van der Waals surface area contributed by atoms with E-state index in [-0.39, 0.29) is 11.5 Å². The highest BCUT2D eigenvalue weighted by molar-refractivity contribution is 9.10. The fourth-order valence-corrected chi connectivity index (χ4v) is 5.19. The fraction of sp³-hybridized carbons (Fsp3) is 0.588. The number of nitrogens with two attached hydrogens (primary N) is 1. The Kier molecular flexibility index (Phi) is 3.37. The number of aromatic nitrogens is 3. The van der Waals surface area contributed by atoms with Crippen molar-refractivity contribution in [3.63, 3.8) is 0 Å². The van der Waals surface area contributed by atoms with Crippen LogP contribution in [0.15, 0.2) is 17.0 Å². The number of rotatable bonds is 1. The quantitative estimate of drug-likeness (QED) is 0.754. The van der Waals surface area contributed by atoms with Crippen molar-refractivity contribution in [1.82, 2.24) is 24.6 Å². The van der Waals surface area contributed by atoms with Gasteiger partial charge >= 0.3 is 0 Å². The van der Waals surface area contributed by atoms with Crippen LogP contribution in [0.5, 0.6) is 0 Å². The standard InChI is InChI=1S/C17H21BrN6O/c18-13-12-14(19)20-6-7-23(12)15(22-13)10-2-3-11-8-21-17(4-1-5-17)16(25)24(11)9-10/h6-7,10-11,21H,1-5,8-9H2,(H2,19,20)/t10-,11+/m1/s1. The van der Waals surface area contributed by atoms with Crippen LogP contribution >= 0.6 is 15.9 Å². The second-order valence-corrected chi connectivity index (χ2v) is 8.25. The van der Waals surface area contributed by atoms with Crippen LogP contribution < -0.4 is 11.1 Å². The minimum absolute atomic E-state index is 0.219. The zero-order valence-corrected chi connectivity index (χ0v) is 15.5. The highest BCUT2D eigenvalue weighted by atomic mass is 79.9. The lowest BCUT2D eigenvalue weighted by molar-refractivity contribution is -0.151. The summed E-state index contributed by atoms with van der Waals surface area (Å²) in [6, 6.07) is 0.316. The fourth-order valence-electron chi connectivity index (χ4n) is 4.61. The molecule has 2 atom stereocenters. The summed E-state index contributed by atoms with van der Waals surface area (Å²) in [6.45, 7) is 1.65. The van der Waals surface area contributed by atoms with E-state index in [0.717, 1.165) is 61.1 Å². The number of nitrogens with zero attached hydrogens (tertiary/aromatic N) is 4. The van der Waals surface area contributed by atoms with Crippen molar-refractivity contribution in [2.75, 3.05) is 18.8 Å². The maximum atomic E-state index is 13.1. The number of fused-ring (bicyclic) bond motifs is 2. The molecule has 3 N–H and O–H groups in total. The van der Waals surface area contributed by atoms with Crippen LogP contribution in [-0.4, -0.2) is 49.8 Å². The van der Waals surface area contributed by atoms with Crippen molar-refractivity contribution in [3.05, 3.63) is 22.8 Å². The number of imidazole rings is 1. The molecule has 2 aromatic heterocycles. The van der Waals surface area contributed by atoms with E-state index in [4.69, 9.17) is 10.7 Å². The number of carbonyl (C=O) groups excluding carboxylic acids is 1. The summed E-state index contributed by atoms with van der Waals surface area (Å²) < 4.78 is 2.74. The van der Waals surface area contributed by atoms with Gasteiger partial charge in [0.1, 0.15) is 15.9 Å². The summed E-state index contributed by atoms with van der Waals surface area (Å²) in [5.41, 5.74) is 6.55. The van der Waals surface area contributed by atoms with E-state index in [1.165, 1.54) is 0 Å². The lowest BCUT2D eigenvalue weighted by atomic mass is 9.72. The highest BCUT2D eigenvalue weighted by Crippen LogP contribution is 2.40. The van der Waals surface area contributed by atoms with Crippen molar-refractivity contribution in [3.8, 4) is 0 Å². The van der Waals surface area contributed by atoms with Gasteiger partial charge in [-0.3, -0.25) is 9.20 Å². The molecule has 25 heavy (non-hydrogen) atoms. The number of carbonyl (C=O) groups is 1. The number of nitrogens with one attached hydrogen (secondary N) is 1. The van der Waals surface area contributed by atoms with Crippen LogP contribution in [0.2, 0.25) is 0 Å². The number of hydrogen-bond donors (Lipinski definition) is 2. The monoisotopic (exact) mass is 404 g/mol. The molecule has 0 radical (unpaired) electrons. The lowest BCUT2D eigenvalue weighted by Crippen LogP contribution is -2.71. The smallest absolute Gasteiger partial charge is 0.243 e. The average molecular weight is 405 g/mol. The molecule has 1 spiro atoms. The average Bonchev–Trinajstić information content (AvgIpc) is 2.92. The summed E-state index contributed by atoms with van der Waals surface area (Å²) in [7, 11) is 0. The van der Waals surface area contributed by atoms with Crippen molar-refractivity contribution in [2.24, 2.45) is 0 Å². The third-order valence-corrected chi connectivity index (χ3v) is 6.75. The lowest BCUT2D eigenvalue weighted by Gasteiger charge is -2.53. The zero-order chi connectivity index (χ0) is 17.2. The van der Waals surface area contributed by atoms with Crippen LogP contribution in [0.3, 0.4) is 0 Å². The Bertz CT molecular complexity index is 860. The van der Waals surface area contributed by atoms with Crippen LogP contribution in [0.4, 0.5) is 5.82 Å². The predicted molar refractivity (Wildman–Crippen MR) is 97.2 cm³/mol. The SMILES string of the molecule is Nc1nccn2c([C@@H]3CC[C@H]4CNC5(CCC5)C(=O)N4C3)nc(Br)c12. The number of hydrogen-bond acceptors (Lipinski definition) is 5. The predicted octanol–water partition coefficient (Wildman–Crippen LogP) is 1.67. The second-order valence-electron chi connectivity index (χ2n) is 7.49. The normalized spacial score (nSPS) is 28.2. The summed E-state index contributed by atoms with van der Waals surface area (Å²) in [6.07, 6.45) is 8.72. The summed E-state index contributed by atoms with van der Waals surface area (Å²) in [5, 5.41) is 3.53. The van der Waals surface area contributed by atoms with Gasteiger partial charge in [0.25, 0.3) is 0 Å². The van der Waals surface area contributed by atoms with Gasteiger partial charge in [0.05, 0.1) is 5.54 Å². The number of piperidine rings is 1. The second kappa shape index (κ2) is 5.41. The van der Waals surface area contributed by atoms with E-state index < -0.39 is 0 Å². The van der Waals surface area contributed by atoms with Crippen molar-refractivity contribution < 1.29 is 4.79 Å². The molecule has 7 nitrogen and oxygen atoms in total. The minimum atomic E-state index is -0.276. The summed E-state index contributed by atoms with van der Waals surface area (Å²) in [4.78, 5) is 24.0. The molecule has 4 heterocycles. The number of anilines is 1. The van der Waals surface area contributed by atoms with E-state index >= 15 is 0 Å². The van der Waals surface area contributed by atoms with Gasteiger partial charge < -0.3 is 16.0 Å². The van der Waals surface area contributed by atoms with E-state index in [1.54, 1.807) is 6.20 Å².